The second kappa shape index (κ2) is 5.86. The third kappa shape index (κ3) is 2.59. The van der Waals surface area contributed by atoms with Crippen LogP contribution in [0.5, 0.6) is 5.75 Å². The van der Waals surface area contributed by atoms with Crippen molar-refractivity contribution in [2.75, 3.05) is 7.11 Å². The highest BCUT2D eigenvalue weighted by atomic mass is 16.5. The average molecular weight is 205 g/mol. The smallest absolute Gasteiger partial charge is 0.229 e. The molecule has 0 fully saturated rings. The Hall–Kier alpha value is -1.77. The Kier molecular flexibility index (Phi) is 4.41. The van der Waals surface area contributed by atoms with Gasteiger partial charge in [-0.2, -0.15) is 0 Å². The van der Waals surface area contributed by atoms with Crippen LogP contribution < -0.4 is 4.74 Å². The summed E-state index contributed by atoms with van der Waals surface area (Å²) < 4.78 is 10.3. The lowest BCUT2D eigenvalue weighted by Crippen LogP contribution is -1.86. The van der Waals surface area contributed by atoms with Gasteiger partial charge in [-0.15, -0.1) is 0 Å². The molecule has 3 heteroatoms. The molecule has 1 heterocycles. The Bertz CT molecular complexity index is 382. The van der Waals surface area contributed by atoms with Crippen molar-refractivity contribution in [2.45, 2.75) is 13.8 Å². The third-order valence-corrected chi connectivity index (χ3v) is 1.77. The SMILES string of the molecule is CC.COc1ccccc1-c1ncco1. The molecule has 0 saturated heterocycles. The lowest BCUT2D eigenvalue weighted by molar-refractivity contribution is 0.414. The topological polar surface area (TPSA) is 35.3 Å². The van der Waals surface area contributed by atoms with E-state index in [2.05, 4.69) is 4.98 Å². The molecule has 0 unspecified atom stereocenters. The number of para-hydroxylation sites is 1. The standard InChI is InChI=1S/C10H9NO2.C2H6/c1-12-9-5-3-2-4-8(9)10-11-6-7-13-10;1-2/h2-7H,1H3;1-2H3. The van der Waals surface area contributed by atoms with E-state index in [4.69, 9.17) is 9.15 Å². The van der Waals surface area contributed by atoms with E-state index in [1.165, 1.54) is 0 Å². The number of nitrogens with zero attached hydrogens (tertiary/aromatic N) is 1. The van der Waals surface area contributed by atoms with E-state index in [1.54, 1.807) is 19.6 Å². The highest BCUT2D eigenvalue weighted by Gasteiger charge is 2.07. The molecule has 0 bridgehead atoms. The van der Waals surface area contributed by atoms with E-state index >= 15 is 0 Å². The predicted molar refractivity (Wildman–Crippen MR) is 59.8 cm³/mol. The van der Waals surface area contributed by atoms with Crippen LogP contribution in [-0.2, 0) is 0 Å². The molecule has 1 aromatic heterocycles. The van der Waals surface area contributed by atoms with Gasteiger partial charge in [0.05, 0.1) is 18.9 Å². The van der Waals surface area contributed by atoms with E-state index in [1.807, 2.05) is 38.1 Å². The second-order valence-corrected chi connectivity index (χ2v) is 2.54. The monoisotopic (exact) mass is 205 g/mol. The molecule has 2 rings (SSSR count). The summed E-state index contributed by atoms with van der Waals surface area (Å²) in [6, 6.07) is 7.61. The van der Waals surface area contributed by atoms with E-state index in [0.29, 0.717) is 5.89 Å². The summed E-state index contributed by atoms with van der Waals surface area (Å²) in [5.41, 5.74) is 0.870. The predicted octanol–water partition coefficient (Wildman–Crippen LogP) is 3.38. The Labute approximate surface area is 89.7 Å². The normalized spacial score (nSPS) is 9.00. The first-order valence-electron chi connectivity index (χ1n) is 4.94. The number of benzene rings is 1. The summed E-state index contributed by atoms with van der Waals surface area (Å²) in [4.78, 5) is 4.05. The van der Waals surface area contributed by atoms with E-state index in [9.17, 15) is 0 Å². The maximum Gasteiger partial charge on any atom is 0.229 e. The molecule has 0 aliphatic carbocycles. The zero-order chi connectivity index (χ0) is 11.1. The van der Waals surface area contributed by atoms with Gasteiger partial charge in [-0.05, 0) is 12.1 Å². The summed E-state index contributed by atoms with van der Waals surface area (Å²) in [5.74, 6) is 1.35. The number of hydrogen-bond donors (Lipinski definition) is 0. The highest BCUT2D eigenvalue weighted by molar-refractivity contribution is 5.62. The first kappa shape index (κ1) is 11.3. The van der Waals surface area contributed by atoms with Crippen LogP contribution in [0, 0.1) is 0 Å². The first-order valence-corrected chi connectivity index (χ1v) is 4.94. The van der Waals surface area contributed by atoms with Gasteiger partial charge in [0, 0.05) is 0 Å². The zero-order valence-electron chi connectivity index (χ0n) is 9.23. The van der Waals surface area contributed by atoms with Gasteiger partial charge in [0.1, 0.15) is 12.0 Å². The minimum atomic E-state index is 0.581. The molecule has 0 aliphatic rings. The van der Waals surface area contributed by atoms with Crippen molar-refractivity contribution < 1.29 is 9.15 Å². The van der Waals surface area contributed by atoms with Crippen LogP contribution in [0.1, 0.15) is 13.8 Å². The average Bonchev–Trinajstić information content (AvgIpc) is 2.85. The van der Waals surface area contributed by atoms with Crippen molar-refractivity contribution in [1.82, 2.24) is 4.98 Å². The molecule has 0 atom stereocenters. The molecule has 0 aliphatic heterocycles. The summed E-state index contributed by atoms with van der Waals surface area (Å²) in [6.45, 7) is 4.00. The summed E-state index contributed by atoms with van der Waals surface area (Å²) in [7, 11) is 1.63. The summed E-state index contributed by atoms with van der Waals surface area (Å²) in [6.07, 6.45) is 3.16. The van der Waals surface area contributed by atoms with Crippen molar-refractivity contribution in [1.29, 1.82) is 0 Å². The lowest BCUT2D eigenvalue weighted by Gasteiger charge is -2.03. The Morgan fingerprint density at radius 2 is 1.93 bits per heavy atom. The molecule has 2 aromatic rings. The fraction of sp³-hybridized carbons (Fsp3) is 0.250. The summed E-state index contributed by atoms with van der Waals surface area (Å²) in [5, 5.41) is 0. The Balaban J connectivity index is 0.000000531. The third-order valence-electron chi connectivity index (χ3n) is 1.77. The van der Waals surface area contributed by atoms with Crippen molar-refractivity contribution in [3.63, 3.8) is 0 Å². The zero-order valence-corrected chi connectivity index (χ0v) is 9.23. The highest BCUT2D eigenvalue weighted by Crippen LogP contribution is 2.27. The molecule has 15 heavy (non-hydrogen) atoms. The van der Waals surface area contributed by atoms with Crippen LogP contribution in [-0.4, -0.2) is 12.1 Å². The number of aromatic nitrogens is 1. The van der Waals surface area contributed by atoms with Crippen molar-refractivity contribution >= 4 is 0 Å². The fourth-order valence-electron chi connectivity index (χ4n) is 1.18. The van der Waals surface area contributed by atoms with Gasteiger partial charge in [-0.1, -0.05) is 26.0 Å². The van der Waals surface area contributed by atoms with Gasteiger partial charge in [0.2, 0.25) is 5.89 Å². The number of rotatable bonds is 2. The quantitative estimate of drug-likeness (QED) is 0.753. The van der Waals surface area contributed by atoms with Gasteiger partial charge in [-0.3, -0.25) is 0 Å². The molecular formula is C12H15NO2. The lowest BCUT2D eigenvalue weighted by atomic mass is 10.2. The molecule has 0 saturated carbocycles. The van der Waals surface area contributed by atoms with Crippen molar-refractivity contribution in [2.24, 2.45) is 0 Å². The van der Waals surface area contributed by atoms with E-state index in [0.717, 1.165) is 11.3 Å². The summed E-state index contributed by atoms with van der Waals surface area (Å²) >= 11 is 0. The molecule has 1 aromatic carbocycles. The number of ether oxygens (including phenoxy) is 1. The van der Waals surface area contributed by atoms with Crippen LogP contribution in [0.25, 0.3) is 11.5 Å². The maximum absolute atomic E-state index is 5.17. The molecule has 80 valence electrons. The Morgan fingerprint density at radius 3 is 2.53 bits per heavy atom. The van der Waals surface area contributed by atoms with Crippen LogP contribution in [0.3, 0.4) is 0 Å². The minimum absolute atomic E-state index is 0.581. The van der Waals surface area contributed by atoms with Crippen molar-refractivity contribution in [3.05, 3.63) is 36.7 Å². The molecule has 3 nitrogen and oxygen atoms in total. The number of methoxy groups -OCH3 is 1. The fourth-order valence-corrected chi connectivity index (χ4v) is 1.18. The number of oxazole rings is 1. The number of hydrogen-bond acceptors (Lipinski definition) is 3. The van der Waals surface area contributed by atoms with Crippen LogP contribution in [0.4, 0.5) is 0 Å². The molecule has 0 radical (unpaired) electrons. The molecule has 0 spiro atoms. The molecule has 0 N–H and O–H groups in total. The van der Waals surface area contributed by atoms with E-state index < -0.39 is 0 Å². The molecular weight excluding hydrogens is 190 g/mol. The van der Waals surface area contributed by atoms with Crippen molar-refractivity contribution in [3.8, 4) is 17.2 Å². The van der Waals surface area contributed by atoms with Crippen LogP contribution in [0.2, 0.25) is 0 Å². The first-order chi connectivity index (χ1) is 7.42. The van der Waals surface area contributed by atoms with Gasteiger partial charge < -0.3 is 9.15 Å². The van der Waals surface area contributed by atoms with Crippen LogP contribution in [0.15, 0.2) is 41.1 Å². The second-order valence-electron chi connectivity index (χ2n) is 2.54. The van der Waals surface area contributed by atoms with Gasteiger partial charge in [0.25, 0.3) is 0 Å². The van der Waals surface area contributed by atoms with Gasteiger partial charge >= 0.3 is 0 Å². The van der Waals surface area contributed by atoms with Crippen LogP contribution >= 0.6 is 0 Å². The largest absolute Gasteiger partial charge is 0.496 e. The molecule has 0 amide bonds. The maximum atomic E-state index is 5.17. The van der Waals surface area contributed by atoms with Gasteiger partial charge in [0.15, 0.2) is 0 Å². The minimum Gasteiger partial charge on any atom is -0.496 e. The Morgan fingerprint density at radius 1 is 1.20 bits per heavy atom. The van der Waals surface area contributed by atoms with E-state index in [-0.39, 0.29) is 0 Å². The van der Waals surface area contributed by atoms with Gasteiger partial charge in [-0.25, -0.2) is 4.98 Å².